The molecule has 0 aliphatic carbocycles. The molecule has 0 aliphatic rings. The van der Waals surface area contributed by atoms with E-state index in [4.69, 9.17) is 16.3 Å². The first-order valence-electron chi connectivity index (χ1n) is 5.97. The van der Waals surface area contributed by atoms with Gasteiger partial charge >= 0.3 is 0 Å². The van der Waals surface area contributed by atoms with E-state index in [-0.39, 0.29) is 0 Å². The van der Waals surface area contributed by atoms with Gasteiger partial charge in [0, 0.05) is 16.9 Å². The second kappa shape index (κ2) is 5.63. The van der Waals surface area contributed by atoms with Gasteiger partial charge < -0.3 is 9.84 Å². The first-order chi connectivity index (χ1) is 8.96. The van der Waals surface area contributed by atoms with E-state index in [1.54, 1.807) is 36.2 Å². The van der Waals surface area contributed by atoms with Crippen LogP contribution in [0.5, 0.6) is 0 Å². The number of aryl methyl sites for hydroxylation is 1. The molecule has 0 aliphatic heterocycles. The summed E-state index contributed by atoms with van der Waals surface area (Å²) in [6.45, 7) is 4.82. The number of halogens is 1. The Morgan fingerprint density at radius 2 is 2.26 bits per heavy atom. The monoisotopic (exact) mass is 300 g/mol. The van der Waals surface area contributed by atoms with Crippen LogP contribution in [0.25, 0.3) is 0 Å². The van der Waals surface area contributed by atoms with Gasteiger partial charge in [-0.2, -0.15) is 5.10 Å². The minimum Gasteiger partial charge on any atom is -0.383 e. The fraction of sp³-hybridized carbons (Fsp3) is 0.462. The molecule has 2 aromatic heterocycles. The number of thiophene rings is 1. The van der Waals surface area contributed by atoms with Gasteiger partial charge in [-0.15, -0.1) is 11.3 Å². The fourth-order valence-electron chi connectivity index (χ4n) is 2.01. The summed E-state index contributed by atoms with van der Waals surface area (Å²) in [5.41, 5.74) is -0.548. The van der Waals surface area contributed by atoms with Gasteiger partial charge in [0.2, 0.25) is 0 Å². The number of aromatic nitrogens is 2. The summed E-state index contributed by atoms with van der Waals surface area (Å²) >= 11 is 7.74. The first kappa shape index (κ1) is 14.5. The quantitative estimate of drug-likeness (QED) is 0.923. The van der Waals surface area contributed by atoms with Crippen molar-refractivity contribution in [2.45, 2.75) is 26.0 Å². The van der Waals surface area contributed by atoms with Crippen molar-refractivity contribution in [2.75, 3.05) is 13.7 Å². The van der Waals surface area contributed by atoms with Crippen LogP contribution < -0.4 is 0 Å². The molecule has 0 amide bonds. The lowest BCUT2D eigenvalue weighted by Crippen LogP contribution is -2.27. The molecule has 2 aromatic rings. The van der Waals surface area contributed by atoms with E-state index in [0.29, 0.717) is 23.9 Å². The van der Waals surface area contributed by atoms with Crippen LogP contribution in [0.1, 0.15) is 22.4 Å². The molecule has 0 radical (unpaired) electrons. The van der Waals surface area contributed by atoms with Crippen molar-refractivity contribution in [2.24, 2.45) is 0 Å². The zero-order valence-corrected chi connectivity index (χ0v) is 12.8. The maximum atomic E-state index is 10.8. The molecule has 1 unspecified atom stereocenters. The van der Waals surface area contributed by atoms with Gasteiger partial charge in [-0.25, -0.2) is 0 Å². The zero-order valence-electron chi connectivity index (χ0n) is 11.2. The molecule has 4 nitrogen and oxygen atoms in total. The summed E-state index contributed by atoms with van der Waals surface area (Å²) in [6.07, 6.45) is 1.56. The van der Waals surface area contributed by atoms with Crippen molar-refractivity contribution in [3.63, 3.8) is 0 Å². The van der Waals surface area contributed by atoms with Crippen LogP contribution >= 0.6 is 22.9 Å². The Bertz CT molecular complexity index is 563. The molecule has 1 N–H and O–H groups in total. The van der Waals surface area contributed by atoms with Crippen LogP contribution in [0.4, 0.5) is 0 Å². The van der Waals surface area contributed by atoms with Gasteiger partial charge in [0.15, 0.2) is 0 Å². The van der Waals surface area contributed by atoms with Crippen molar-refractivity contribution in [3.05, 3.63) is 38.8 Å². The third-order valence-electron chi connectivity index (χ3n) is 2.98. The van der Waals surface area contributed by atoms with E-state index >= 15 is 0 Å². The first-order valence-corrected chi connectivity index (χ1v) is 7.16. The lowest BCUT2D eigenvalue weighted by molar-refractivity contribution is 0.0921. The summed E-state index contributed by atoms with van der Waals surface area (Å²) < 4.78 is 6.74. The standard InChI is InChI=1S/C13H17ClN2O2S/c1-9-4-5-11(19-9)13(2,17)12-10(14)8-15-16(12)6-7-18-3/h4-5,8,17H,6-7H2,1-3H3. The Morgan fingerprint density at radius 3 is 2.84 bits per heavy atom. The van der Waals surface area contributed by atoms with E-state index in [1.165, 1.54) is 0 Å². The molecule has 19 heavy (non-hydrogen) atoms. The molecule has 0 aromatic carbocycles. The predicted molar refractivity (Wildman–Crippen MR) is 76.8 cm³/mol. The van der Waals surface area contributed by atoms with Crippen LogP contribution in [0.15, 0.2) is 18.3 Å². The number of nitrogens with zero attached hydrogens (tertiary/aromatic N) is 2. The molecule has 6 heteroatoms. The lowest BCUT2D eigenvalue weighted by atomic mass is 10.0. The zero-order chi connectivity index (χ0) is 14.0. The van der Waals surface area contributed by atoms with Gasteiger partial charge in [-0.05, 0) is 26.0 Å². The average molecular weight is 301 g/mol. The highest BCUT2D eigenvalue weighted by atomic mass is 35.5. The molecule has 0 fully saturated rings. The normalized spacial score (nSPS) is 14.6. The summed E-state index contributed by atoms with van der Waals surface area (Å²) in [6, 6.07) is 3.90. The number of hydrogen-bond donors (Lipinski definition) is 1. The number of aliphatic hydroxyl groups is 1. The van der Waals surface area contributed by atoms with E-state index in [2.05, 4.69) is 5.10 Å². The molecule has 1 atom stereocenters. The maximum absolute atomic E-state index is 10.8. The minimum absolute atomic E-state index is 0.465. The van der Waals surface area contributed by atoms with Gasteiger partial charge in [-0.3, -0.25) is 4.68 Å². The number of rotatable bonds is 5. The molecule has 2 heterocycles. The highest BCUT2D eigenvalue weighted by molar-refractivity contribution is 7.12. The van der Waals surface area contributed by atoms with Gasteiger partial charge in [-0.1, -0.05) is 11.6 Å². The van der Waals surface area contributed by atoms with Gasteiger partial charge in [0.1, 0.15) is 5.60 Å². The second-order valence-electron chi connectivity index (χ2n) is 4.54. The summed E-state index contributed by atoms with van der Waals surface area (Å²) in [7, 11) is 1.63. The average Bonchev–Trinajstić information content (AvgIpc) is 2.93. The van der Waals surface area contributed by atoms with E-state index in [0.717, 1.165) is 9.75 Å². The third kappa shape index (κ3) is 2.84. The maximum Gasteiger partial charge on any atom is 0.139 e. The van der Waals surface area contributed by atoms with Crippen molar-refractivity contribution >= 4 is 22.9 Å². The summed E-state index contributed by atoms with van der Waals surface area (Å²) in [5.74, 6) is 0. The molecule has 0 bridgehead atoms. The molecule has 2 rings (SSSR count). The molecule has 104 valence electrons. The number of hydrogen-bond acceptors (Lipinski definition) is 4. The Kier molecular flexibility index (Phi) is 4.30. The number of ether oxygens (including phenoxy) is 1. The summed E-state index contributed by atoms with van der Waals surface area (Å²) in [4.78, 5) is 2.00. The highest BCUT2D eigenvalue weighted by Gasteiger charge is 2.33. The van der Waals surface area contributed by atoms with Crippen molar-refractivity contribution in [1.82, 2.24) is 9.78 Å². The van der Waals surface area contributed by atoms with Crippen LogP contribution in [-0.4, -0.2) is 28.6 Å². The minimum atomic E-state index is -1.15. The highest BCUT2D eigenvalue weighted by Crippen LogP contribution is 2.37. The van der Waals surface area contributed by atoms with E-state index in [9.17, 15) is 5.11 Å². The van der Waals surface area contributed by atoms with Crippen molar-refractivity contribution in [1.29, 1.82) is 0 Å². The smallest absolute Gasteiger partial charge is 0.139 e. The lowest BCUT2D eigenvalue weighted by Gasteiger charge is -2.24. The molecular weight excluding hydrogens is 284 g/mol. The molecule has 0 saturated carbocycles. The van der Waals surface area contributed by atoms with Crippen LogP contribution in [-0.2, 0) is 16.9 Å². The Balaban J connectivity index is 2.41. The van der Waals surface area contributed by atoms with Gasteiger partial charge in [0.05, 0.1) is 30.1 Å². The van der Waals surface area contributed by atoms with Crippen LogP contribution in [0.2, 0.25) is 5.02 Å². The number of methoxy groups -OCH3 is 1. The third-order valence-corrected chi connectivity index (χ3v) is 4.47. The van der Waals surface area contributed by atoms with Crippen molar-refractivity contribution < 1.29 is 9.84 Å². The largest absolute Gasteiger partial charge is 0.383 e. The summed E-state index contributed by atoms with van der Waals surface area (Å²) in [5, 5.41) is 15.5. The van der Waals surface area contributed by atoms with Crippen LogP contribution in [0, 0.1) is 6.92 Å². The molecule has 0 saturated heterocycles. The predicted octanol–water partition coefficient (Wildman–Crippen LogP) is 2.81. The van der Waals surface area contributed by atoms with Gasteiger partial charge in [0.25, 0.3) is 0 Å². The topological polar surface area (TPSA) is 47.3 Å². The van der Waals surface area contributed by atoms with E-state index in [1.807, 2.05) is 19.1 Å². The molecule has 0 spiro atoms. The van der Waals surface area contributed by atoms with Crippen LogP contribution in [0.3, 0.4) is 0 Å². The Hall–Kier alpha value is -0.880. The Morgan fingerprint density at radius 1 is 1.53 bits per heavy atom. The second-order valence-corrected chi connectivity index (χ2v) is 6.23. The SMILES string of the molecule is COCCn1ncc(Cl)c1C(C)(O)c1ccc(C)s1. The van der Waals surface area contributed by atoms with Crippen molar-refractivity contribution in [3.8, 4) is 0 Å². The Labute approximate surface area is 121 Å². The molecular formula is C13H17ClN2O2S. The van der Waals surface area contributed by atoms with E-state index < -0.39 is 5.60 Å². The fourth-order valence-corrected chi connectivity index (χ4v) is 3.25.